The number of aromatic amines is 1. The molecule has 0 aromatic carbocycles. The first-order valence-corrected chi connectivity index (χ1v) is 6.20. The molecule has 1 aliphatic heterocycles. The second-order valence-electron chi connectivity index (χ2n) is 4.43. The molecular formula is C11H16N2O4S. The van der Waals surface area contributed by atoms with E-state index in [9.17, 15) is 15.0 Å². The average molecular weight is 272 g/mol. The number of H-pyrrole nitrogens is 1. The van der Waals surface area contributed by atoms with E-state index in [1.54, 1.807) is 6.92 Å². The van der Waals surface area contributed by atoms with Crippen LogP contribution >= 0.6 is 12.2 Å². The van der Waals surface area contributed by atoms with Crippen molar-refractivity contribution in [2.75, 3.05) is 0 Å². The molecule has 18 heavy (non-hydrogen) atoms. The Bertz CT molecular complexity index is 553. The number of hydrogen-bond donors (Lipinski definition) is 3. The number of ether oxygens (including phenoxy) is 1. The number of aryl methyl sites for hydroxylation is 1. The summed E-state index contributed by atoms with van der Waals surface area (Å²) in [5.41, 5.74) is 0.199. The van der Waals surface area contributed by atoms with E-state index in [-0.39, 0.29) is 10.3 Å². The SMILES string of the molecule is CC[C@H]1OC(n2cc(C)c(=O)[nH]c2=S)[C@H](O)[C@@H]1O. The van der Waals surface area contributed by atoms with E-state index >= 15 is 0 Å². The summed E-state index contributed by atoms with van der Waals surface area (Å²) in [6, 6.07) is 0. The molecule has 0 bridgehead atoms. The highest BCUT2D eigenvalue weighted by Crippen LogP contribution is 2.30. The molecule has 1 unspecified atom stereocenters. The van der Waals surface area contributed by atoms with Crippen molar-refractivity contribution >= 4 is 12.2 Å². The van der Waals surface area contributed by atoms with Crippen LogP contribution in [0.5, 0.6) is 0 Å². The molecule has 0 spiro atoms. The fourth-order valence-corrected chi connectivity index (χ4v) is 2.32. The third-order valence-electron chi connectivity index (χ3n) is 3.16. The summed E-state index contributed by atoms with van der Waals surface area (Å²) in [6.45, 7) is 3.50. The zero-order valence-electron chi connectivity index (χ0n) is 10.2. The topological polar surface area (TPSA) is 87.5 Å². The van der Waals surface area contributed by atoms with Crippen LogP contribution in [0.15, 0.2) is 11.0 Å². The average Bonchev–Trinajstić information content (AvgIpc) is 2.61. The van der Waals surface area contributed by atoms with Crippen LogP contribution in [0.2, 0.25) is 0 Å². The van der Waals surface area contributed by atoms with Gasteiger partial charge < -0.3 is 14.9 Å². The number of nitrogens with zero attached hydrogens (tertiary/aromatic N) is 1. The molecule has 1 aliphatic rings. The highest BCUT2D eigenvalue weighted by Gasteiger charge is 2.42. The molecule has 0 radical (unpaired) electrons. The summed E-state index contributed by atoms with van der Waals surface area (Å²) in [4.78, 5) is 13.9. The molecule has 1 saturated heterocycles. The van der Waals surface area contributed by atoms with Gasteiger partial charge in [-0.25, -0.2) is 0 Å². The summed E-state index contributed by atoms with van der Waals surface area (Å²) in [6.07, 6.45) is -1.10. The van der Waals surface area contributed by atoms with Crippen LogP contribution < -0.4 is 5.56 Å². The normalized spacial score (nSPS) is 31.8. The van der Waals surface area contributed by atoms with E-state index in [0.717, 1.165) is 0 Å². The van der Waals surface area contributed by atoms with Gasteiger partial charge >= 0.3 is 0 Å². The van der Waals surface area contributed by atoms with E-state index < -0.39 is 24.5 Å². The summed E-state index contributed by atoms with van der Waals surface area (Å²) >= 11 is 5.04. The van der Waals surface area contributed by atoms with Gasteiger partial charge in [0.1, 0.15) is 12.2 Å². The number of rotatable bonds is 2. The predicted molar refractivity (Wildman–Crippen MR) is 66.8 cm³/mol. The smallest absolute Gasteiger partial charge is 0.254 e. The van der Waals surface area contributed by atoms with Gasteiger partial charge in [0.2, 0.25) is 0 Å². The molecule has 2 rings (SSSR count). The van der Waals surface area contributed by atoms with Gasteiger partial charge in [0.15, 0.2) is 11.0 Å². The van der Waals surface area contributed by atoms with Crippen molar-refractivity contribution in [3.05, 3.63) is 26.9 Å². The molecular weight excluding hydrogens is 256 g/mol. The summed E-state index contributed by atoms with van der Waals surface area (Å²) in [7, 11) is 0. The van der Waals surface area contributed by atoms with E-state index in [0.29, 0.717) is 12.0 Å². The highest BCUT2D eigenvalue weighted by molar-refractivity contribution is 7.71. The maximum absolute atomic E-state index is 11.4. The Morgan fingerprint density at radius 2 is 2.17 bits per heavy atom. The van der Waals surface area contributed by atoms with Gasteiger partial charge in [-0.1, -0.05) is 6.92 Å². The Morgan fingerprint density at radius 1 is 1.50 bits per heavy atom. The van der Waals surface area contributed by atoms with E-state index in [2.05, 4.69) is 4.98 Å². The van der Waals surface area contributed by atoms with Crippen molar-refractivity contribution in [3.63, 3.8) is 0 Å². The molecule has 7 heteroatoms. The Labute approximate surface area is 109 Å². The first kappa shape index (κ1) is 13.4. The quantitative estimate of drug-likeness (QED) is 0.671. The molecule has 0 aliphatic carbocycles. The molecule has 2 heterocycles. The van der Waals surface area contributed by atoms with Crippen LogP contribution in [0.4, 0.5) is 0 Å². The predicted octanol–water partition coefficient (Wildman–Crippen LogP) is 0.244. The van der Waals surface area contributed by atoms with Crippen molar-refractivity contribution in [1.82, 2.24) is 9.55 Å². The lowest BCUT2D eigenvalue weighted by molar-refractivity contribution is -0.0394. The molecule has 6 nitrogen and oxygen atoms in total. The minimum Gasteiger partial charge on any atom is -0.388 e. The van der Waals surface area contributed by atoms with Gasteiger partial charge in [0.25, 0.3) is 5.56 Å². The number of hydrogen-bond acceptors (Lipinski definition) is 5. The number of aromatic nitrogens is 2. The monoisotopic (exact) mass is 272 g/mol. The van der Waals surface area contributed by atoms with Crippen LogP contribution in [-0.4, -0.2) is 38.1 Å². The number of aliphatic hydroxyl groups is 2. The Balaban J connectivity index is 2.42. The first-order valence-electron chi connectivity index (χ1n) is 5.79. The molecule has 1 aromatic heterocycles. The van der Waals surface area contributed by atoms with Crippen molar-refractivity contribution < 1.29 is 14.9 Å². The van der Waals surface area contributed by atoms with Gasteiger partial charge in [-0.3, -0.25) is 14.3 Å². The first-order chi connectivity index (χ1) is 8.45. The second-order valence-corrected chi connectivity index (χ2v) is 4.82. The maximum atomic E-state index is 11.4. The van der Waals surface area contributed by atoms with Crippen molar-refractivity contribution in [1.29, 1.82) is 0 Å². The summed E-state index contributed by atoms with van der Waals surface area (Å²) < 4.78 is 7.20. The third-order valence-corrected chi connectivity index (χ3v) is 3.47. The van der Waals surface area contributed by atoms with Crippen molar-refractivity contribution in [2.45, 2.75) is 44.8 Å². The standard InChI is InChI=1S/C11H16N2O4S/c1-3-6-7(14)8(15)10(17-6)13-4-5(2)9(16)12-11(13)18/h4,6-8,10,14-15H,3H2,1-2H3,(H,12,16,18)/t6-,7-,8-,10?/m1/s1. The van der Waals surface area contributed by atoms with Gasteiger partial charge in [0, 0.05) is 11.8 Å². The fourth-order valence-electron chi connectivity index (χ4n) is 2.07. The van der Waals surface area contributed by atoms with Gasteiger partial charge in [-0.05, 0) is 25.6 Å². The number of aliphatic hydroxyl groups excluding tert-OH is 2. The molecule has 3 N–H and O–H groups in total. The molecule has 0 amide bonds. The van der Waals surface area contributed by atoms with E-state index in [1.807, 2.05) is 6.92 Å². The highest BCUT2D eigenvalue weighted by atomic mass is 32.1. The van der Waals surface area contributed by atoms with E-state index in [1.165, 1.54) is 10.8 Å². The second kappa shape index (κ2) is 4.93. The van der Waals surface area contributed by atoms with Crippen molar-refractivity contribution in [3.8, 4) is 0 Å². The molecule has 4 atom stereocenters. The van der Waals surface area contributed by atoms with Crippen LogP contribution in [0.1, 0.15) is 25.1 Å². The zero-order chi connectivity index (χ0) is 13.4. The minimum absolute atomic E-state index is 0.165. The third kappa shape index (κ3) is 2.14. The van der Waals surface area contributed by atoms with Crippen LogP contribution in [-0.2, 0) is 4.74 Å². The largest absolute Gasteiger partial charge is 0.388 e. The zero-order valence-corrected chi connectivity index (χ0v) is 11.0. The molecule has 1 fully saturated rings. The summed E-state index contributed by atoms with van der Waals surface area (Å²) in [5, 5.41) is 19.8. The van der Waals surface area contributed by atoms with Crippen LogP contribution in [0.25, 0.3) is 0 Å². The summed E-state index contributed by atoms with van der Waals surface area (Å²) in [5.74, 6) is 0. The van der Waals surface area contributed by atoms with Gasteiger partial charge in [0.05, 0.1) is 6.10 Å². The number of nitrogens with one attached hydrogen (secondary N) is 1. The van der Waals surface area contributed by atoms with Gasteiger partial charge in [-0.2, -0.15) is 0 Å². The van der Waals surface area contributed by atoms with Crippen LogP contribution in [0, 0.1) is 11.7 Å². The van der Waals surface area contributed by atoms with E-state index in [4.69, 9.17) is 17.0 Å². The Morgan fingerprint density at radius 3 is 2.72 bits per heavy atom. The fraction of sp³-hybridized carbons (Fsp3) is 0.636. The lowest BCUT2D eigenvalue weighted by Gasteiger charge is -2.18. The lowest BCUT2D eigenvalue weighted by atomic mass is 10.1. The molecule has 100 valence electrons. The lowest BCUT2D eigenvalue weighted by Crippen LogP contribution is -2.32. The van der Waals surface area contributed by atoms with Crippen LogP contribution in [0.3, 0.4) is 0 Å². The molecule has 1 aromatic rings. The van der Waals surface area contributed by atoms with Crippen molar-refractivity contribution in [2.24, 2.45) is 0 Å². The Hall–Kier alpha value is -1.02. The molecule has 0 saturated carbocycles. The maximum Gasteiger partial charge on any atom is 0.254 e. The van der Waals surface area contributed by atoms with Gasteiger partial charge in [-0.15, -0.1) is 0 Å². The minimum atomic E-state index is -1.06. The Kier molecular flexibility index (Phi) is 3.67.